The first-order valence-corrected chi connectivity index (χ1v) is 7.62. The van der Waals surface area contributed by atoms with Crippen LogP contribution in [0.15, 0.2) is 42.5 Å². The van der Waals surface area contributed by atoms with Gasteiger partial charge < -0.3 is 10.5 Å². The normalized spacial score (nSPS) is 12.2. The van der Waals surface area contributed by atoms with Gasteiger partial charge in [0.2, 0.25) is 0 Å². The Labute approximate surface area is 127 Å². The maximum atomic E-state index is 6.09. The van der Waals surface area contributed by atoms with Gasteiger partial charge in [-0.25, -0.2) is 0 Å². The summed E-state index contributed by atoms with van der Waals surface area (Å²) in [5.41, 5.74) is 10.9. The number of rotatable bonds is 6. The molecule has 0 fully saturated rings. The van der Waals surface area contributed by atoms with Gasteiger partial charge in [0, 0.05) is 6.04 Å². The van der Waals surface area contributed by atoms with E-state index in [1.54, 1.807) is 0 Å². The second-order valence-corrected chi connectivity index (χ2v) is 5.71. The average molecular weight is 283 g/mol. The molecule has 0 heterocycles. The standard InChI is InChI=1S/C19H25NO/c1-4-18(20)12-17-7-5-6-15(3)19(17)21-13-16-10-8-14(2)9-11-16/h5-11,18H,4,12-13,20H2,1-3H3. The molecule has 0 aliphatic rings. The van der Waals surface area contributed by atoms with Crippen LogP contribution in [0.4, 0.5) is 0 Å². The number of hydrogen-bond acceptors (Lipinski definition) is 2. The fraction of sp³-hybridized carbons (Fsp3) is 0.368. The number of nitrogens with two attached hydrogens (primary N) is 1. The fourth-order valence-electron chi connectivity index (χ4n) is 2.35. The molecule has 2 heteroatoms. The van der Waals surface area contributed by atoms with Gasteiger partial charge in [0.15, 0.2) is 0 Å². The van der Waals surface area contributed by atoms with Crippen LogP contribution < -0.4 is 10.5 Å². The third-order valence-corrected chi connectivity index (χ3v) is 3.80. The molecule has 0 radical (unpaired) electrons. The van der Waals surface area contributed by atoms with Crippen molar-refractivity contribution in [3.63, 3.8) is 0 Å². The summed E-state index contributed by atoms with van der Waals surface area (Å²) in [5.74, 6) is 0.988. The number of para-hydroxylation sites is 1. The lowest BCUT2D eigenvalue weighted by Gasteiger charge is -2.16. The lowest BCUT2D eigenvalue weighted by atomic mass is 10.0. The van der Waals surface area contributed by atoms with E-state index in [9.17, 15) is 0 Å². The Morgan fingerprint density at radius 2 is 1.76 bits per heavy atom. The van der Waals surface area contributed by atoms with Crippen LogP contribution in [0.1, 0.15) is 35.6 Å². The fourth-order valence-corrected chi connectivity index (χ4v) is 2.35. The third-order valence-electron chi connectivity index (χ3n) is 3.80. The van der Waals surface area contributed by atoms with E-state index in [4.69, 9.17) is 10.5 Å². The van der Waals surface area contributed by atoms with Crippen molar-refractivity contribution in [2.75, 3.05) is 0 Å². The van der Waals surface area contributed by atoms with Gasteiger partial charge in [0.25, 0.3) is 0 Å². The molecule has 2 aromatic rings. The Bertz CT molecular complexity index is 575. The van der Waals surface area contributed by atoms with Crippen LogP contribution in [-0.2, 0) is 13.0 Å². The number of ether oxygens (including phenoxy) is 1. The number of benzene rings is 2. The predicted octanol–water partition coefficient (Wildman–Crippen LogP) is 4.16. The number of hydrogen-bond donors (Lipinski definition) is 1. The van der Waals surface area contributed by atoms with E-state index in [0.29, 0.717) is 6.61 Å². The van der Waals surface area contributed by atoms with Crippen LogP contribution in [0.5, 0.6) is 5.75 Å². The molecule has 0 spiro atoms. The quantitative estimate of drug-likeness (QED) is 0.864. The first kappa shape index (κ1) is 15.6. The van der Waals surface area contributed by atoms with Crippen molar-refractivity contribution >= 4 is 0 Å². The molecule has 1 unspecified atom stereocenters. The second kappa shape index (κ2) is 7.28. The van der Waals surface area contributed by atoms with Crippen LogP contribution in [-0.4, -0.2) is 6.04 Å². The van der Waals surface area contributed by atoms with E-state index >= 15 is 0 Å². The van der Waals surface area contributed by atoms with E-state index in [1.807, 2.05) is 0 Å². The highest BCUT2D eigenvalue weighted by Gasteiger charge is 2.10. The minimum Gasteiger partial charge on any atom is -0.488 e. The van der Waals surface area contributed by atoms with Crippen molar-refractivity contribution in [1.82, 2.24) is 0 Å². The Hall–Kier alpha value is -1.80. The summed E-state index contributed by atoms with van der Waals surface area (Å²) >= 11 is 0. The molecule has 0 saturated carbocycles. The molecule has 0 aliphatic heterocycles. The van der Waals surface area contributed by atoms with E-state index in [-0.39, 0.29) is 6.04 Å². The van der Waals surface area contributed by atoms with Crippen molar-refractivity contribution in [1.29, 1.82) is 0 Å². The molecular formula is C19H25NO. The summed E-state index contributed by atoms with van der Waals surface area (Å²) < 4.78 is 6.08. The van der Waals surface area contributed by atoms with Crippen molar-refractivity contribution in [3.05, 3.63) is 64.7 Å². The Kier molecular flexibility index (Phi) is 5.40. The average Bonchev–Trinajstić information content (AvgIpc) is 2.48. The van der Waals surface area contributed by atoms with Crippen molar-refractivity contribution in [2.24, 2.45) is 5.73 Å². The van der Waals surface area contributed by atoms with Crippen LogP contribution in [0.3, 0.4) is 0 Å². The molecule has 0 bridgehead atoms. The maximum absolute atomic E-state index is 6.09. The van der Waals surface area contributed by atoms with Crippen molar-refractivity contribution in [3.8, 4) is 5.75 Å². The Balaban J connectivity index is 2.12. The highest BCUT2D eigenvalue weighted by molar-refractivity contribution is 5.41. The van der Waals surface area contributed by atoms with Crippen LogP contribution in [0.25, 0.3) is 0 Å². The monoisotopic (exact) mass is 283 g/mol. The summed E-state index contributed by atoms with van der Waals surface area (Å²) in [7, 11) is 0. The lowest BCUT2D eigenvalue weighted by Crippen LogP contribution is -2.21. The zero-order chi connectivity index (χ0) is 15.2. The van der Waals surface area contributed by atoms with Crippen molar-refractivity contribution in [2.45, 2.75) is 46.3 Å². The lowest BCUT2D eigenvalue weighted by molar-refractivity contribution is 0.300. The highest BCUT2D eigenvalue weighted by atomic mass is 16.5. The van der Waals surface area contributed by atoms with Crippen molar-refractivity contribution < 1.29 is 4.74 Å². The SMILES string of the molecule is CCC(N)Cc1cccc(C)c1OCc1ccc(C)cc1. The largest absolute Gasteiger partial charge is 0.488 e. The van der Waals surface area contributed by atoms with Gasteiger partial charge in [-0.2, -0.15) is 0 Å². The molecule has 0 amide bonds. The van der Waals surface area contributed by atoms with Crippen LogP contribution in [0, 0.1) is 13.8 Å². The zero-order valence-electron chi connectivity index (χ0n) is 13.2. The molecule has 0 aromatic heterocycles. The number of aryl methyl sites for hydroxylation is 2. The summed E-state index contributed by atoms with van der Waals surface area (Å²) in [5, 5.41) is 0. The molecule has 0 saturated heterocycles. The van der Waals surface area contributed by atoms with Gasteiger partial charge in [-0.05, 0) is 43.4 Å². The van der Waals surface area contributed by atoms with E-state index in [2.05, 4.69) is 63.2 Å². The molecule has 21 heavy (non-hydrogen) atoms. The van der Waals surface area contributed by atoms with Crippen LogP contribution >= 0.6 is 0 Å². The summed E-state index contributed by atoms with van der Waals surface area (Å²) in [4.78, 5) is 0. The predicted molar refractivity (Wildman–Crippen MR) is 88.7 cm³/mol. The Morgan fingerprint density at radius 1 is 1.05 bits per heavy atom. The maximum Gasteiger partial charge on any atom is 0.125 e. The molecule has 2 rings (SSSR count). The van der Waals surface area contributed by atoms with Gasteiger partial charge in [-0.1, -0.05) is 55.0 Å². The molecule has 1 atom stereocenters. The zero-order valence-corrected chi connectivity index (χ0v) is 13.2. The van der Waals surface area contributed by atoms with Gasteiger partial charge in [0.1, 0.15) is 12.4 Å². The first-order valence-electron chi connectivity index (χ1n) is 7.62. The molecule has 0 aliphatic carbocycles. The molecular weight excluding hydrogens is 258 g/mol. The second-order valence-electron chi connectivity index (χ2n) is 5.71. The molecule has 112 valence electrons. The van der Waals surface area contributed by atoms with E-state index < -0.39 is 0 Å². The molecule has 2 N–H and O–H groups in total. The molecule has 2 aromatic carbocycles. The van der Waals surface area contributed by atoms with Gasteiger partial charge in [-0.15, -0.1) is 0 Å². The summed E-state index contributed by atoms with van der Waals surface area (Å²) in [6, 6.07) is 14.9. The topological polar surface area (TPSA) is 35.2 Å². The smallest absolute Gasteiger partial charge is 0.125 e. The first-order chi connectivity index (χ1) is 10.1. The van der Waals surface area contributed by atoms with Gasteiger partial charge >= 0.3 is 0 Å². The van der Waals surface area contributed by atoms with Gasteiger partial charge in [0.05, 0.1) is 0 Å². The van der Waals surface area contributed by atoms with E-state index in [1.165, 1.54) is 22.3 Å². The van der Waals surface area contributed by atoms with Gasteiger partial charge in [-0.3, -0.25) is 0 Å². The summed E-state index contributed by atoms with van der Waals surface area (Å²) in [6.45, 7) is 6.90. The minimum atomic E-state index is 0.188. The van der Waals surface area contributed by atoms with E-state index in [0.717, 1.165) is 18.6 Å². The Morgan fingerprint density at radius 3 is 2.43 bits per heavy atom. The third kappa shape index (κ3) is 4.33. The highest BCUT2D eigenvalue weighted by Crippen LogP contribution is 2.26. The van der Waals surface area contributed by atoms with Crippen LogP contribution in [0.2, 0.25) is 0 Å². The molecule has 2 nitrogen and oxygen atoms in total. The summed E-state index contributed by atoms with van der Waals surface area (Å²) in [6.07, 6.45) is 1.84. The minimum absolute atomic E-state index is 0.188.